The van der Waals surface area contributed by atoms with E-state index in [-0.39, 0.29) is 18.6 Å². The molecule has 0 saturated carbocycles. The van der Waals surface area contributed by atoms with Crippen molar-refractivity contribution in [1.82, 2.24) is 10.6 Å². The number of carbonyl (C=O) groups is 4. The van der Waals surface area contributed by atoms with E-state index in [4.69, 9.17) is 15.9 Å². The minimum absolute atomic E-state index is 0.0256. The second-order valence-corrected chi connectivity index (χ2v) is 4.26. The van der Waals surface area contributed by atoms with Gasteiger partial charge in [0.05, 0.1) is 0 Å². The molecule has 6 N–H and O–H groups in total. The summed E-state index contributed by atoms with van der Waals surface area (Å²) in [4.78, 5) is 43.7. The fourth-order valence-corrected chi connectivity index (χ4v) is 1.41. The average Bonchev–Trinajstić information content (AvgIpc) is 2.38. The Bertz CT molecular complexity index is 389. The van der Waals surface area contributed by atoms with Crippen molar-refractivity contribution in [3.05, 3.63) is 0 Å². The number of hydrogen-bond acceptors (Lipinski definition) is 6. The number of rotatable bonds is 9. The Balaban J connectivity index is 4.21. The summed E-state index contributed by atoms with van der Waals surface area (Å²) in [7, 11) is 0. The summed E-state index contributed by atoms with van der Waals surface area (Å²) in [6.45, 7) is -0.567. The molecule has 0 aromatic heterocycles. The predicted molar refractivity (Wildman–Crippen MR) is 71.3 cm³/mol. The number of carboxylic acid groups (broad SMARTS) is 2. The van der Waals surface area contributed by atoms with Crippen molar-refractivity contribution in [2.45, 2.75) is 24.9 Å². The highest BCUT2D eigenvalue weighted by Gasteiger charge is 2.20. The van der Waals surface area contributed by atoms with E-state index in [1.54, 1.807) is 0 Å². The molecule has 0 aromatic carbocycles. The van der Waals surface area contributed by atoms with E-state index in [9.17, 15) is 19.2 Å². The van der Waals surface area contributed by atoms with Gasteiger partial charge in [-0.05, 0) is 6.42 Å². The first kappa shape index (κ1) is 18.2. The quantitative estimate of drug-likeness (QED) is 0.263. The van der Waals surface area contributed by atoms with Gasteiger partial charge in [-0.25, -0.2) is 0 Å². The SMILES string of the molecule is NC(CCC(=O)N[C@@H](CS)C(=O)NCC(=O)O)C(=O)O. The van der Waals surface area contributed by atoms with Crippen LogP contribution < -0.4 is 16.4 Å². The molecule has 2 amide bonds. The topological polar surface area (TPSA) is 159 Å². The van der Waals surface area contributed by atoms with Crippen molar-refractivity contribution >= 4 is 36.4 Å². The van der Waals surface area contributed by atoms with Gasteiger partial charge in [0.15, 0.2) is 0 Å². The molecule has 0 heterocycles. The highest BCUT2D eigenvalue weighted by Crippen LogP contribution is 1.97. The first-order chi connectivity index (χ1) is 9.27. The lowest BCUT2D eigenvalue weighted by Gasteiger charge is -2.16. The summed E-state index contributed by atoms with van der Waals surface area (Å²) in [5, 5.41) is 21.4. The minimum atomic E-state index is -1.22. The lowest BCUT2D eigenvalue weighted by molar-refractivity contribution is -0.139. The van der Waals surface area contributed by atoms with Crippen LogP contribution in [0.5, 0.6) is 0 Å². The summed E-state index contributed by atoms with van der Waals surface area (Å²) in [5.41, 5.74) is 5.23. The molecule has 10 heteroatoms. The van der Waals surface area contributed by atoms with Crippen LogP contribution in [-0.4, -0.2) is 58.3 Å². The summed E-state index contributed by atoms with van der Waals surface area (Å²) < 4.78 is 0. The van der Waals surface area contributed by atoms with Crippen LogP contribution in [0, 0.1) is 0 Å². The monoisotopic (exact) mass is 307 g/mol. The van der Waals surface area contributed by atoms with Crippen molar-refractivity contribution in [2.75, 3.05) is 12.3 Å². The maximum atomic E-state index is 11.5. The second kappa shape index (κ2) is 9.15. The number of hydrogen-bond donors (Lipinski definition) is 6. The molecule has 0 fully saturated rings. The summed E-state index contributed by atoms with van der Waals surface area (Å²) in [5.74, 6) is -3.70. The largest absolute Gasteiger partial charge is 0.480 e. The van der Waals surface area contributed by atoms with Crippen LogP contribution in [0.15, 0.2) is 0 Å². The van der Waals surface area contributed by atoms with Gasteiger partial charge in [-0.15, -0.1) is 0 Å². The third kappa shape index (κ3) is 7.59. The fraction of sp³-hybridized carbons (Fsp3) is 0.600. The Morgan fingerprint density at radius 2 is 1.80 bits per heavy atom. The van der Waals surface area contributed by atoms with E-state index in [0.29, 0.717) is 0 Å². The Kier molecular flexibility index (Phi) is 8.32. The van der Waals surface area contributed by atoms with E-state index in [1.165, 1.54) is 0 Å². The third-order valence-electron chi connectivity index (χ3n) is 2.25. The smallest absolute Gasteiger partial charge is 0.322 e. The average molecular weight is 307 g/mol. The van der Waals surface area contributed by atoms with Gasteiger partial charge in [0.1, 0.15) is 18.6 Å². The van der Waals surface area contributed by atoms with Gasteiger partial charge in [-0.2, -0.15) is 12.6 Å². The molecule has 0 aromatic rings. The molecular formula is C10H17N3O6S. The number of aliphatic carboxylic acids is 2. The molecule has 0 radical (unpaired) electrons. The first-order valence-electron chi connectivity index (χ1n) is 5.66. The second-order valence-electron chi connectivity index (χ2n) is 3.90. The molecule has 0 aliphatic carbocycles. The van der Waals surface area contributed by atoms with Crippen molar-refractivity contribution in [3.63, 3.8) is 0 Å². The number of carboxylic acids is 2. The summed E-state index contributed by atoms with van der Waals surface area (Å²) in [6, 6.07) is -2.15. The molecule has 0 saturated heterocycles. The van der Waals surface area contributed by atoms with E-state index in [2.05, 4.69) is 23.3 Å². The van der Waals surface area contributed by atoms with Gasteiger partial charge < -0.3 is 26.6 Å². The highest BCUT2D eigenvalue weighted by atomic mass is 32.1. The Morgan fingerprint density at radius 3 is 2.25 bits per heavy atom. The van der Waals surface area contributed by atoms with Gasteiger partial charge in [0.25, 0.3) is 0 Å². The molecule has 114 valence electrons. The van der Waals surface area contributed by atoms with Crippen LogP contribution in [-0.2, 0) is 19.2 Å². The summed E-state index contributed by atoms with van der Waals surface area (Å²) in [6.07, 6.45) is -0.235. The van der Waals surface area contributed by atoms with Crippen LogP contribution >= 0.6 is 12.6 Å². The van der Waals surface area contributed by atoms with E-state index in [1.807, 2.05) is 0 Å². The number of amides is 2. The van der Waals surface area contributed by atoms with Gasteiger partial charge in [0, 0.05) is 12.2 Å². The van der Waals surface area contributed by atoms with Crippen molar-refractivity contribution in [1.29, 1.82) is 0 Å². The Labute approximate surface area is 120 Å². The number of thiol groups is 1. The molecule has 0 rings (SSSR count). The molecule has 0 aliphatic rings. The Hall–Kier alpha value is -1.81. The standard InChI is InChI=1S/C10H17N3O6S/c11-5(10(18)19)1-2-7(14)13-6(4-20)9(17)12-3-8(15)16/h5-6,20H,1-4,11H2,(H,12,17)(H,13,14)(H,15,16)(H,18,19)/t5?,6-/m0/s1. The van der Waals surface area contributed by atoms with Gasteiger partial charge in [0.2, 0.25) is 11.8 Å². The fourth-order valence-electron chi connectivity index (χ4n) is 1.16. The number of nitrogens with two attached hydrogens (primary N) is 1. The van der Waals surface area contributed by atoms with E-state index in [0.717, 1.165) is 0 Å². The molecule has 0 aliphatic heterocycles. The van der Waals surface area contributed by atoms with E-state index < -0.39 is 42.4 Å². The van der Waals surface area contributed by atoms with Crippen LogP contribution in [0.3, 0.4) is 0 Å². The first-order valence-corrected chi connectivity index (χ1v) is 6.29. The normalized spacial score (nSPS) is 13.1. The summed E-state index contributed by atoms with van der Waals surface area (Å²) >= 11 is 3.87. The maximum absolute atomic E-state index is 11.5. The van der Waals surface area contributed by atoms with E-state index >= 15 is 0 Å². The lowest BCUT2D eigenvalue weighted by atomic mass is 10.1. The van der Waals surface area contributed by atoms with Crippen LogP contribution in [0.4, 0.5) is 0 Å². The lowest BCUT2D eigenvalue weighted by Crippen LogP contribution is -2.49. The van der Waals surface area contributed by atoms with Crippen molar-refractivity contribution in [3.8, 4) is 0 Å². The van der Waals surface area contributed by atoms with Crippen LogP contribution in [0.25, 0.3) is 0 Å². The zero-order chi connectivity index (χ0) is 15.7. The number of carbonyl (C=O) groups excluding carboxylic acids is 2. The predicted octanol–water partition coefficient (Wildman–Crippen LogP) is -2.21. The van der Waals surface area contributed by atoms with Gasteiger partial charge in [-0.1, -0.05) is 0 Å². The third-order valence-corrected chi connectivity index (χ3v) is 2.61. The van der Waals surface area contributed by atoms with Crippen LogP contribution in [0.2, 0.25) is 0 Å². The van der Waals surface area contributed by atoms with Crippen molar-refractivity contribution < 1.29 is 29.4 Å². The van der Waals surface area contributed by atoms with Gasteiger partial charge in [-0.3, -0.25) is 19.2 Å². The molecule has 1 unspecified atom stereocenters. The molecule has 0 spiro atoms. The zero-order valence-electron chi connectivity index (χ0n) is 10.5. The number of nitrogens with one attached hydrogen (secondary N) is 2. The molecule has 2 atom stereocenters. The Morgan fingerprint density at radius 1 is 1.20 bits per heavy atom. The van der Waals surface area contributed by atoms with Crippen LogP contribution in [0.1, 0.15) is 12.8 Å². The van der Waals surface area contributed by atoms with Gasteiger partial charge >= 0.3 is 11.9 Å². The minimum Gasteiger partial charge on any atom is -0.480 e. The molecule has 0 bridgehead atoms. The zero-order valence-corrected chi connectivity index (χ0v) is 11.4. The molecule has 20 heavy (non-hydrogen) atoms. The highest BCUT2D eigenvalue weighted by molar-refractivity contribution is 7.80. The van der Waals surface area contributed by atoms with Crippen molar-refractivity contribution in [2.24, 2.45) is 5.73 Å². The molecule has 9 nitrogen and oxygen atoms in total. The maximum Gasteiger partial charge on any atom is 0.322 e. The molecular weight excluding hydrogens is 290 g/mol.